The Morgan fingerprint density at radius 2 is 2.16 bits per heavy atom. The van der Waals surface area contributed by atoms with E-state index in [4.69, 9.17) is 11.6 Å². The number of rotatable bonds is 2. The molecule has 1 N–H and O–H groups in total. The summed E-state index contributed by atoms with van der Waals surface area (Å²) in [6, 6.07) is 5.95. The van der Waals surface area contributed by atoms with Crippen LogP contribution in [0.25, 0.3) is 10.2 Å². The zero-order valence-electron chi connectivity index (χ0n) is 9.68. The Morgan fingerprint density at radius 3 is 2.89 bits per heavy atom. The van der Waals surface area contributed by atoms with Crippen LogP contribution in [-0.4, -0.2) is 21.1 Å². The summed E-state index contributed by atoms with van der Waals surface area (Å²) in [5.74, 6) is -0.347. The molecule has 5 nitrogen and oxygen atoms in total. The number of thiazole rings is 1. The van der Waals surface area contributed by atoms with Gasteiger partial charge in [0.2, 0.25) is 9.47 Å². The van der Waals surface area contributed by atoms with Crippen LogP contribution in [-0.2, 0) is 0 Å². The maximum Gasteiger partial charge on any atom is 0.288 e. The first-order chi connectivity index (χ1) is 9.11. The fourth-order valence-electron chi connectivity index (χ4n) is 1.53. The second-order valence-corrected chi connectivity index (χ2v) is 6.39. The van der Waals surface area contributed by atoms with Crippen molar-refractivity contribution < 1.29 is 4.79 Å². The molecular formula is C11H7ClN4OS2. The SMILES string of the molecule is Cc1ccc2nc(NC(=O)c3nnc(Cl)s3)sc2c1. The smallest absolute Gasteiger partial charge is 0.288 e. The number of hydrogen-bond acceptors (Lipinski definition) is 6. The highest BCUT2D eigenvalue weighted by molar-refractivity contribution is 7.22. The predicted molar refractivity (Wildman–Crippen MR) is 77.2 cm³/mol. The van der Waals surface area contributed by atoms with Crippen molar-refractivity contribution >= 4 is 55.5 Å². The molecule has 0 spiro atoms. The van der Waals surface area contributed by atoms with Crippen molar-refractivity contribution in [1.29, 1.82) is 0 Å². The zero-order valence-corrected chi connectivity index (χ0v) is 12.1. The van der Waals surface area contributed by atoms with Crippen LogP contribution in [0.3, 0.4) is 0 Å². The summed E-state index contributed by atoms with van der Waals surface area (Å²) < 4.78 is 1.27. The number of aromatic nitrogens is 3. The molecule has 0 saturated carbocycles. The molecule has 8 heteroatoms. The van der Waals surface area contributed by atoms with Crippen LogP contribution in [0.4, 0.5) is 5.13 Å². The maximum absolute atomic E-state index is 11.9. The van der Waals surface area contributed by atoms with Gasteiger partial charge in [-0.1, -0.05) is 28.7 Å². The van der Waals surface area contributed by atoms with Crippen molar-refractivity contribution in [3.8, 4) is 0 Å². The third-order valence-corrected chi connectivity index (χ3v) is 4.31. The molecule has 2 heterocycles. The molecule has 0 aliphatic carbocycles. The molecule has 0 bridgehead atoms. The van der Waals surface area contributed by atoms with Gasteiger partial charge in [0.25, 0.3) is 5.91 Å². The van der Waals surface area contributed by atoms with Crippen molar-refractivity contribution in [3.05, 3.63) is 33.2 Å². The van der Waals surface area contributed by atoms with E-state index in [-0.39, 0.29) is 15.4 Å². The van der Waals surface area contributed by atoms with Crippen LogP contribution in [0, 0.1) is 6.92 Å². The van der Waals surface area contributed by atoms with Crippen LogP contribution >= 0.6 is 34.3 Å². The fourth-order valence-corrected chi connectivity index (χ4v) is 3.22. The van der Waals surface area contributed by atoms with Gasteiger partial charge in [-0.3, -0.25) is 10.1 Å². The molecule has 1 aromatic carbocycles. The Morgan fingerprint density at radius 1 is 1.32 bits per heavy atom. The number of hydrogen-bond donors (Lipinski definition) is 1. The average Bonchev–Trinajstić information content (AvgIpc) is 2.94. The number of anilines is 1. The summed E-state index contributed by atoms with van der Waals surface area (Å²) in [7, 11) is 0. The van der Waals surface area contributed by atoms with E-state index in [1.807, 2.05) is 25.1 Å². The monoisotopic (exact) mass is 310 g/mol. The molecule has 1 amide bonds. The molecule has 0 saturated heterocycles. The van der Waals surface area contributed by atoms with E-state index in [1.165, 1.54) is 11.3 Å². The number of benzene rings is 1. The van der Waals surface area contributed by atoms with Crippen molar-refractivity contribution in [2.75, 3.05) is 5.32 Å². The molecule has 0 atom stereocenters. The third kappa shape index (κ3) is 2.58. The number of amides is 1. The van der Waals surface area contributed by atoms with Gasteiger partial charge in [-0.25, -0.2) is 4.98 Å². The number of nitrogens with one attached hydrogen (secondary N) is 1. The Bertz CT molecular complexity index is 767. The van der Waals surface area contributed by atoms with Crippen LogP contribution in [0.5, 0.6) is 0 Å². The zero-order chi connectivity index (χ0) is 13.4. The topological polar surface area (TPSA) is 67.8 Å². The van der Waals surface area contributed by atoms with Gasteiger partial charge >= 0.3 is 0 Å². The summed E-state index contributed by atoms with van der Waals surface area (Å²) in [5, 5.41) is 10.7. The van der Waals surface area contributed by atoms with Gasteiger partial charge in [0.1, 0.15) is 0 Å². The van der Waals surface area contributed by atoms with E-state index < -0.39 is 0 Å². The first-order valence-electron chi connectivity index (χ1n) is 5.29. The number of aryl methyl sites for hydroxylation is 1. The van der Waals surface area contributed by atoms with Gasteiger partial charge < -0.3 is 0 Å². The summed E-state index contributed by atoms with van der Waals surface area (Å²) in [6.45, 7) is 2.01. The highest BCUT2D eigenvalue weighted by atomic mass is 35.5. The summed E-state index contributed by atoms with van der Waals surface area (Å²) in [5.41, 5.74) is 2.02. The van der Waals surface area contributed by atoms with Gasteiger partial charge in [0.15, 0.2) is 5.13 Å². The second-order valence-electron chi connectivity index (χ2n) is 3.80. The Hall–Kier alpha value is -1.57. The largest absolute Gasteiger partial charge is 0.296 e. The number of carbonyl (C=O) groups excluding carboxylic acids is 1. The van der Waals surface area contributed by atoms with Crippen LogP contribution in [0.1, 0.15) is 15.4 Å². The Balaban J connectivity index is 1.87. The van der Waals surface area contributed by atoms with Gasteiger partial charge in [0, 0.05) is 0 Å². The first kappa shape index (κ1) is 12.5. The predicted octanol–water partition coefficient (Wildman–Crippen LogP) is 3.36. The second kappa shape index (κ2) is 4.84. The lowest BCUT2D eigenvalue weighted by Crippen LogP contribution is -2.11. The van der Waals surface area contributed by atoms with Crippen molar-refractivity contribution in [3.63, 3.8) is 0 Å². The molecule has 0 aliphatic rings. The molecular weight excluding hydrogens is 304 g/mol. The van der Waals surface area contributed by atoms with E-state index in [0.717, 1.165) is 27.1 Å². The Labute approximate surface area is 121 Å². The van der Waals surface area contributed by atoms with Gasteiger partial charge in [0.05, 0.1) is 10.2 Å². The normalized spacial score (nSPS) is 10.8. The molecule has 3 aromatic rings. The van der Waals surface area contributed by atoms with Gasteiger partial charge in [-0.05, 0) is 36.2 Å². The van der Waals surface area contributed by atoms with Crippen molar-refractivity contribution in [2.45, 2.75) is 6.92 Å². The van der Waals surface area contributed by atoms with Crippen LogP contribution in [0.15, 0.2) is 18.2 Å². The highest BCUT2D eigenvalue weighted by Gasteiger charge is 2.14. The van der Waals surface area contributed by atoms with E-state index in [2.05, 4.69) is 20.5 Å². The summed E-state index contributed by atoms with van der Waals surface area (Å²) in [6.07, 6.45) is 0. The molecule has 3 rings (SSSR count). The molecule has 0 aliphatic heterocycles. The lowest BCUT2D eigenvalue weighted by Gasteiger charge is -1.95. The molecule has 19 heavy (non-hydrogen) atoms. The number of nitrogens with zero attached hydrogens (tertiary/aromatic N) is 3. The standard InChI is InChI=1S/C11H7ClN4OS2/c1-5-2-3-6-7(4-5)18-11(13-6)14-8(17)9-15-16-10(12)19-9/h2-4H,1H3,(H,13,14,17). The van der Waals surface area contributed by atoms with E-state index >= 15 is 0 Å². The quantitative estimate of drug-likeness (QED) is 0.788. The first-order valence-corrected chi connectivity index (χ1v) is 7.30. The fraction of sp³-hybridized carbons (Fsp3) is 0.0909. The number of carbonyl (C=O) groups is 1. The van der Waals surface area contributed by atoms with E-state index in [0.29, 0.717) is 5.13 Å². The highest BCUT2D eigenvalue weighted by Crippen LogP contribution is 2.27. The average molecular weight is 311 g/mol. The minimum Gasteiger partial charge on any atom is -0.296 e. The number of fused-ring (bicyclic) bond motifs is 1. The van der Waals surface area contributed by atoms with Crippen LogP contribution < -0.4 is 5.32 Å². The van der Waals surface area contributed by atoms with Crippen LogP contribution in [0.2, 0.25) is 4.47 Å². The van der Waals surface area contributed by atoms with Gasteiger partial charge in [-0.2, -0.15) is 0 Å². The van der Waals surface area contributed by atoms with Crippen molar-refractivity contribution in [2.24, 2.45) is 0 Å². The van der Waals surface area contributed by atoms with Gasteiger partial charge in [-0.15, -0.1) is 10.2 Å². The maximum atomic E-state index is 11.9. The molecule has 0 radical (unpaired) electrons. The summed E-state index contributed by atoms with van der Waals surface area (Å²) in [4.78, 5) is 16.2. The third-order valence-electron chi connectivity index (χ3n) is 2.36. The summed E-state index contributed by atoms with van der Waals surface area (Å²) >= 11 is 8.10. The lowest BCUT2D eigenvalue weighted by atomic mass is 10.2. The lowest BCUT2D eigenvalue weighted by molar-refractivity contribution is 0.102. The molecule has 96 valence electrons. The molecule has 2 aromatic heterocycles. The van der Waals surface area contributed by atoms with Crippen molar-refractivity contribution in [1.82, 2.24) is 15.2 Å². The minimum atomic E-state index is -0.347. The minimum absolute atomic E-state index is 0.223. The van der Waals surface area contributed by atoms with E-state index in [9.17, 15) is 4.79 Å². The number of halogens is 1. The molecule has 0 unspecified atom stereocenters. The Kier molecular flexibility index (Phi) is 3.17. The molecule has 0 fully saturated rings. The van der Waals surface area contributed by atoms with E-state index in [1.54, 1.807) is 0 Å².